The van der Waals surface area contributed by atoms with Gasteiger partial charge in [0.25, 0.3) is 5.91 Å². The minimum Gasteiger partial charge on any atom is -0.392 e. The zero-order valence-electron chi connectivity index (χ0n) is 16.2. The number of nitrogens with one attached hydrogen (secondary N) is 2. The van der Waals surface area contributed by atoms with Crippen LogP contribution in [0.5, 0.6) is 0 Å². The Balaban J connectivity index is 2.03. The lowest BCUT2D eigenvalue weighted by Gasteiger charge is -2.31. The summed E-state index contributed by atoms with van der Waals surface area (Å²) in [4.78, 5) is 49.7. The second-order valence-corrected chi connectivity index (χ2v) is 7.62. The van der Waals surface area contributed by atoms with E-state index in [2.05, 4.69) is 10.6 Å². The molecule has 28 heavy (non-hydrogen) atoms. The van der Waals surface area contributed by atoms with E-state index in [0.29, 0.717) is 24.4 Å². The van der Waals surface area contributed by atoms with Crippen LogP contribution in [0.1, 0.15) is 45.4 Å². The lowest BCUT2D eigenvalue weighted by Crippen LogP contribution is -2.53. The van der Waals surface area contributed by atoms with Gasteiger partial charge < -0.3 is 15.3 Å². The summed E-state index contributed by atoms with van der Waals surface area (Å²) >= 11 is 0. The Bertz CT molecular complexity index is 578. The van der Waals surface area contributed by atoms with Crippen molar-refractivity contribution in [2.75, 3.05) is 19.6 Å². The number of carbonyl (C=O) groups excluding carboxylic acids is 4. The molecule has 3 atom stereocenters. The molecular formula is C18H30N4O6. The van der Waals surface area contributed by atoms with Crippen molar-refractivity contribution in [2.45, 2.75) is 57.6 Å². The fraction of sp³-hybridized carbons (Fsp3) is 0.778. The second-order valence-electron chi connectivity index (χ2n) is 7.62. The van der Waals surface area contributed by atoms with E-state index >= 15 is 0 Å². The summed E-state index contributed by atoms with van der Waals surface area (Å²) < 4.78 is 0. The number of hydrogen-bond acceptors (Lipinski definition) is 6. The summed E-state index contributed by atoms with van der Waals surface area (Å²) in [6.45, 7) is 1.80. The molecule has 1 saturated carbocycles. The van der Waals surface area contributed by atoms with Crippen molar-refractivity contribution < 1.29 is 29.5 Å². The van der Waals surface area contributed by atoms with Gasteiger partial charge in [0, 0.05) is 13.1 Å². The van der Waals surface area contributed by atoms with Crippen LogP contribution in [0, 0.1) is 11.8 Å². The SMILES string of the molecule is C[C@H](O)CNC(=O)NC(=O)[C@@H]1CCCN1C(=O)C(CN(O)C=O)C1CCCC1. The van der Waals surface area contributed by atoms with Gasteiger partial charge in [-0.2, -0.15) is 0 Å². The quantitative estimate of drug-likeness (QED) is 0.254. The van der Waals surface area contributed by atoms with Gasteiger partial charge in [-0.3, -0.25) is 24.9 Å². The molecule has 2 aliphatic rings. The fourth-order valence-electron chi connectivity index (χ4n) is 4.03. The van der Waals surface area contributed by atoms with Crippen LogP contribution in [-0.4, -0.2) is 76.3 Å². The predicted octanol–water partition coefficient (Wildman–Crippen LogP) is -0.162. The van der Waals surface area contributed by atoms with E-state index in [-0.39, 0.29) is 31.3 Å². The van der Waals surface area contributed by atoms with Gasteiger partial charge in [-0.05, 0) is 38.5 Å². The van der Waals surface area contributed by atoms with Crippen molar-refractivity contribution in [2.24, 2.45) is 11.8 Å². The summed E-state index contributed by atoms with van der Waals surface area (Å²) in [7, 11) is 0. The van der Waals surface area contributed by atoms with E-state index < -0.39 is 30.0 Å². The van der Waals surface area contributed by atoms with Crippen LogP contribution in [0.4, 0.5) is 4.79 Å². The molecule has 1 unspecified atom stereocenters. The molecule has 2 fully saturated rings. The molecule has 10 nitrogen and oxygen atoms in total. The van der Waals surface area contributed by atoms with E-state index in [4.69, 9.17) is 0 Å². The number of aliphatic hydroxyl groups is 1. The highest BCUT2D eigenvalue weighted by Gasteiger charge is 2.41. The number of amides is 5. The minimum atomic E-state index is -0.767. The molecular weight excluding hydrogens is 368 g/mol. The van der Waals surface area contributed by atoms with E-state index in [1.54, 1.807) is 0 Å². The molecule has 5 amide bonds. The maximum absolute atomic E-state index is 13.2. The molecule has 0 aromatic carbocycles. The van der Waals surface area contributed by atoms with Crippen LogP contribution in [0.25, 0.3) is 0 Å². The highest BCUT2D eigenvalue weighted by atomic mass is 16.5. The van der Waals surface area contributed by atoms with E-state index in [9.17, 15) is 29.5 Å². The first-order valence-electron chi connectivity index (χ1n) is 9.81. The van der Waals surface area contributed by atoms with Gasteiger partial charge in [0.2, 0.25) is 12.3 Å². The van der Waals surface area contributed by atoms with Crippen molar-refractivity contribution in [3.8, 4) is 0 Å². The Kier molecular flexibility index (Phi) is 8.18. The Hall–Kier alpha value is -2.20. The van der Waals surface area contributed by atoms with Crippen LogP contribution in [0.3, 0.4) is 0 Å². The predicted molar refractivity (Wildman–Crippen MR) is 98.0 cm³/mol. The van der Waals surface area contributed by atoms with Crippen LogP contribution in [0.15, 0.2) is 0 Å². The third-order valence-electron chi connectivity index (χ3n) is 5.42. The summed E-state index contributed by atoms with van der Waals surface area (Å²) in [5.41, 5.74) is 0. The van der Waals surface area contributed by atoms with Crippen LogP contribution in [-0.2, 0) is 14.4 Å². The van der Waals surface area contributed by atoms with Gasteiger partial charge in [0.05, 0.1) is 18.6 Å². The van der Waals surface area contributed by atoms with E-state index in [1.165, 1.54) is 11.8 Å². The normalized spacial score (nSPS) is 21.8. The largest absolute Gasteiger partial charge is 0.392 e. The first kappa shape index (κ1) is 22.1. The number of urea groups is 1. The molecule has 4 N–H and O–H groups in total. The highest BCUT2D eigenvalue weighted by Crippen LogP contribution is 2.34. The maximum atomic E-state index is 13.2. The number of nitrogens with zero attached hydrogens (tertiary/aromatic N) is 2. The molecule has 0 aromatic rings. The number of hydroxylamine groups is 2. The average molecular weight is 398 g/mol. The number of carbonyl (C=O) groups is 4. The lowest BCUT2D eigenvalue weighted by molar-refractivity contribution is -0.159. The summed E-state index contributed by atoms with van der Waals surface area (Å²) in [5, 5.41) is 23.9. The van der Waals surface area contributed by atoms with Gasteiger partial charge in [0.15, 0.2) is 0 Å². The number of hydrogen-bond donors (Lipinski definition) is 4. The first-order chi connectivity index (χ1) is 13.3. The van der Waals surface area contributed by atoms with E-state index in [1.807, 2.05) is 0 Å². The smallest absolute Gasteiger partial charge is 0.321 e. The zero-order chi connectivity index (χ0) is 20.7. The van der Waals surface area contributed by atoms with Gasteiger partial charge in [-0.25, -0.2) is 9.86 Å². The van der Waals surface area contributed by atoms with E-state index in [0.717, 1.165) is 25.7 Å². The average Bonchev–Trinajstić information content (AvgIpc) is 3.35. The molecule has 1 aliphatic heterocycles. The van der Waals surface area contributed by atoms with Crippen molar-refractivity contribution in [3.63, 3.8) is 0 Å². The molecule has 0 bridgehead atoms. The maximum Gasteiger partial charge on any atom is 0.321 e. The highest BCUT2D eigenvalue weighted by molar-refractivity contribution is 5.99. The summed E-state index contributed by atoms with van der Waals surface area (Å²) in [6, 6.07) is -1.49. The van der Waals surface area contributed by atoms with Gasteiger partial charge in [0.1, 0.15) is 6.04 Å². The van der Waals surface area contributed by atoms with Crippen molar-refractivity contribution >= 4 is 24.3 Å². The molecule has 0 spiro atoms. The molecule has 158 valence electrons. The van der Waals surface area contributed by atoms with Crippen molar-refractivity contribution in [1.82, 2.24) is 20.6 Å². The standard InChI is InChI=1S/C18H30N4O6/c1-12(24)9-19-18(27)20-16(25)15-7-4-8-22(15)17(26)14(10-21(28)11-23)13-5-2-3-6-13/h11-15,24,28H,2-10H2,1H3,(H2,19,20,25,27)/t12-,14?,15-/m0/s1. The topological polar surface area (TPSA) is 139 Å². The number of imide groups is 1. The van der Waals surface area contributed by atoms with Crippen LogP contribution < -0.4 is 10.6 Å². The molecule has 1 saturated heterocycles. The Morgan fingerprint density at radius 1 is 1.21 bits per heavy atom. The lowest BCUT2D eigenvalue weighted by atomic mass is 9.89. The van der Waals surface area contributed by atoms with Crippen LogP contribution in [0.2, 0.25) is 0 Å². The monoisotopic (exact) mass is 398 g/mol. The first-order valence-corrected chi connectivity index (χ1v) is 9.81. The third-order valence-corrected chi connectivity index (χ3v) is 5.42. The minimum absolute atomic E-state index is 0.00814. The molecule has 10 heteroatoms. The fourth-order valence-corrected chi connectivity index (χ4v) is 4.03. The van der Waals surface area contributed by atoms with Crippen molar-refractivity contribution in [1.29, 1.82) is 0 Å². The molecule has 1 aliphatic carbocycles. The second kappa shape index (κ2) is 10.4. The Labute approximate surface area is 164 Å². The zero-order valence-corrected chi connectivity index (χ0v) is 16.2. The van der Waals surface area contributed by atoms with Gasteiger partial charge in [-0.1, -0.05) is 12.8 Å². The molecule has 1 heterocycles. The summed E-state index contributed by atoms with van der Waals surface area (Å²) in [5.74, 6) is -1.36. The Morgan fingerprint density at radius 2 is 1.89 bits per heavy atom. The number of aliphatic hydroxyl groups excluding tert-OH is 1. The molecule has 2 rings (SSSR count). The van der Waals surface area contributed by atoms with Gasteiger partial charge in [-0.15, -0.1) is 0 Å². The summed E-state index contributed by atoms with van der Waals surface area (Å²) in [6.07, 6.45) is 4.28. The van der Waals surface area contributed by atoms with Gasteiger partial charge >= 0.3 is 6.03 Å². The number of rotatable bonds is 8. The molecule has 0 radical (unpaired) electrons. The number of likely N-dealkylation sites (tertiary alicyclic amines) is 1. The third kappa shape index (κ3) is 5.90. The van der Waals surface area contributed by atoms with Crippen molar-refractivity contribution in [3.05, 3.63) is 0 Å². The Morgan fingerprint density at radius 3 is 2.50 bits per heavy atom. The van der Waals surface area contributed by atoms with Crippen LogP contribution >= 0.6 is 0 Å². The molecule has 0 aromatic heterocycles.